The average Bonchev–Trinajstić information content (AvgIpc) is 2.87. The lowest BCUT2D eigenvalue weighted by Crippen LogP contribution is -2.18. The van der Waals surface area contributed by atoms with Gasteiger partial charge in [-0.25, -0.2) is 8.42 Å². The summed E-state index contributed by atoms with van der Waals surface area (Å²) >= 11 is 2.60. The van der Waals surface area contributed by atoms with Gasteiger partial charge < -0.3 is 5.32 Å². The molecule has 1 saturated carbocycles. The van der Waals surface area contributed by atoms with Crippen molar-refractivity contribution < 1.29 is 8.42 Å². The Labute approximate surface area is 118 Å². The molecule has 0 spiro atoms. The van der Waals surface area contributed by atoms with Gasteiger partial charge in [-0.3, -0.25) is 4.72 Å². The number of anilines is 1. The Morgan fingerprint density at radius 3 is 2.89 bits per heavy atom. The molecule has 0 aliphatic heterocycles. The molecule has 2 N–H and O–H groups in total. The smallest absolute Gasteiger partial charge is 0.264 e. The number of aromatic nitrogens is 2. The standard InChI is InChI=1S/C10H12N4O2S3/c15-19(16,14-10-13-12-6-18-10)9-3-4-17-8(9)5-11-7-1-2-7/h3-4,6-7,11H,1-2,5H2,(H,13,14). The fourth-order valence-electron chi connectivity index (χ4n) is 1.61. The molecule has 0 aromatic carbocycles. The van der Waals surface area contributed by atoms with Crippen molar-refractivity contribution in [1.29, 1.82) is 0 Å². The molecule has 0 radical (unpaired) electrons. The zero-order valence-electron chi connectivity index (χ0n) is 9.87. The first-order valence-corrected chi connectivity index (χ1v) is 8.98. The third kappa shape index (κ3) is 3.11. The highest BCUT2D eigenvalue weighted by Crippen LogP contribution is 2.26. The molecule has 0 amide bonds. The van der Waals surface area contributed by atoms with Crippen molar-refractivity contribution in [3.05, 3.63) is 21.8 Å². The van der Waals surface area contributed by atoms with E-state index in [0.29, 0.717) is 17.5 Å². The molecule has 0 saturated heterocycles. The first kappa shape index (κ1) is 13.0. The van der Waals surface area contributed by atoms with Gasteiger partial charge in [-0.1, -0.05) is 11.3 Å². The molecule has 1 aliphatic rings. The minimum atomic E-state index is -3.57. The average molecular weight is 316 g/mol. The highest BCUT2D eigenvalue weighted by atomic mass is 32.2. The van der Waals surface area contributed by atoms with E-state index in [1.807, 2.05) is 0 Å². The van der Waals surface area contributed by atoms with Gasteiger partial charge in [-0.15, -0.1) is 21.5 Å². The van der Waals surface area contributed by atoms with Gasteiger partial charge in [0.2, 0.25) is 5.13 Å². The van der Waals surface area contributed by atoms with Crippen LogP contribution in [-0.2, 0) is 16.6 Å². The van der Waals surface area contributed by atoms with Crippen LogP contribution in [-0.4, -0.2) is 24.7 Å². The summed E-state index contributed by atoms with van der Waals surface area (Å²) in [5.74, 6) is 0. The maximum Gasteiger partial charge on any atom is 0.264 e. The van der Waals surface area contributed by atoms with Crippen LogP contribution in [0, 0.1) is 0 Å². The van der Waals surface area contributed by atoms with E-state index in [-0.39, 0.29) is 5.13 Å². The fourth-order valence-corrected chi connectivity index (χ4v) is 4.70. The van der Waals surface area contributed by atoms with Crippen LogP contribution in [0.15, 0.2) is 21.9 Å². The van der Waals surface area contributed by atoms with Gasteiger partial charge >= 0.3 is 0 Å². The highest BCUT2D eigenvalue weighted by Gasteiger charge is 2.24. The molecular formula is C10H12N4O2S3. The van der Waals surface area contributed by atoms with E-state index in [1.165, 1.54) is 29.7 Å². The van der Waals surface area contributed by atoms with Crippen LogP contribution < -0.4 is 10.0 Å². The van der Waals surface area contributed by atoms with Gasteiger partial charge in [0.1, 0.15) is 10.4 Å². The molecule has 1 fully saturated rings. The number of nitrogens with one attached hydrogen (secondary N) is 2. The van der Waals surface area contributed by atoms with Gasteiger partial charge in [-0.05, 0) is 24.3 Å². The molecule has 1 aliphatic carbocycles. The summed E-state index contributed by atoms with van der Waals surface area (Å²) in [6, 6.07) is 2.17. The summed E-state index contributed by atoms with van der Waals surface area (Å²) in [6.45, 7) is 0.592. The van der Waals surface area contributed by atoms with E-state index >= 15 is 0 Å². The first-order chi connectivity index (χ1) is 9.15. The van der Waals surface area contributed by atoms with Crippen molar-refractivity contribution in [2.45, 2.75) is 30.3 Å². The summed E-state index contributed by atoms with van der Waals surface area (Å²) in [5, 5.41) is 12.7. The lowest BCUT2D eigenvalue weighted by Gasteiger charge is -2.06. The van der Waals surface area contributed by atoms with Gasteiger partial charge in [0, 0.05) is 17.5 Å². The van der Waals surface area contributed by atoms with E-state index in [9.17, 15) is 8.42 Å². The second-order valence-corrected chi connectivity index (χ2v) is 7.70. The van der Waals surface area contributed by atoms with Crippen molar-refractivity contribution in [2.75, 3.05) is 4.72 Å². The molecular weight excluding hydrogens is 304 g/mol. The molecule has 2 heterocycles. The summed E-state index contributed by atoms with van der Waals surface area (Å²) in [5.41, 5.74) is 1.49. The van der Waals surface area contributed by atoms with Crippen LogP contribution in [0.25, 0.3) is 0 Å². The topological polar surface area (TPSA) is 84.0 Å². The van der Waals surface area contributed by atoms with Gasteiger partial charge in [0.05, 0.1) is 0 Å². The lowest BCUT2D eigenvalue weighted by molar-refractivity contribution is 0.598. The number of hydrogen-bond donors (Lipinski definition) is 2. The zero-order valence-corrected chi connectivity index (χ0v) is 12.3. The van der Waals surface area contributed by atoms with Crippen LogP contribution in [0.5, 0.6) is 0 Å². The SMILES string of the molecule is O=S(=O)(Nc1nncs1)c1ccsc1CNC1CC1. The number of hydrogen-bond acceptors (Lipinski definition) is 7. The quantitative estimate of drug-likeness (QED) is 0.846. The Morgan fingerprint density at radius 2 is 2.21 bits per heavy atom. The van der Waals surface area contributed by atoms with Crippen molar-refractivity contribution in [2.24, 2.45) is 0 Å². The number of sulfonamides is 1. The Morgan fingerprint density at radius 1 is 1.37 bits per heavy atom. The fraction of sp³-hybridized carbons (Fsp3) is 0.400. The largest absolute Gasteiger partial charge is 0.309 e. The molecule has 0 atom stereocenters. The normalized spacial score (nSPS) is 15.6. The summed E-state index contributed by atoms with van der Waals surface area (Å²) in [6.07, 6.45) is 2.35. The number of rotatable bonds is 6. The molecule has 3 rings (SSSR count). The molecule has 0 unspecified atom stereocenters. The first-order valence-electron chi connectivity index (χ1n) is 5.74. The molecule has 2 aromatic heterocycles. The maximum absolute atomic E-state index is 12.2. The Balaban J connectivity index is 1.78. The van der Waals surface area contributed by atoms with Crippen LogP contribution in [0.2, 0.25) is 0 Å². The second kappa shape index (κ2) is 5.16. The lowest BCUT2D eigenvalue weighted by atomic mass is 10.4. The predicted octanol–water partition coefficient (Wildman–Crippen LogP) is 1.65. The van der Waals surface area contributed by atoms with E-state index in [2.05, 4.69) is 20.2 Å². The van der Waals surface area contributed by atoms with Crippen LogP contribution in [0.4, 0.5) is 5.13 Å². The van der Waals surface area contributed by atoms with Crippen LogP contribution >= 0.6 is 22.7 Å². The minimum absolute atomic E-state index is 0.285. The monoisotopic (exact) mass is 316 g/mol. The highest BCUT2D eigenvalue weighted by molar-refractivity contribution is 7.93. The van der Waals surface area contributed by atoms with Gasteiger partial charge in [0.25, 0.3) is 10.0 Å². The molecule has 6 nitrogen and oxygen atoms in total. The van der Waals surface area contributed by atoms with E-state index in [0.717, 1.165) is 16.2 Å². The number of nitrogens with zero attached hydrogens (tertiary/aromatic N) is 2. The van der Waals surface area contributed by atoms with Crippen molar-refractivity contribution in [3.63, 3.8) is 0 Å². The zero-order chi connectivity index (χ0) is 13.3. The van der Waals surface area contributed by atoms with Crippen LogP contribution in [0.3, 0.4) is 0 Å². The van der Waals surface area contributed by atoms with E-state index < -0.39 is 10.0 Å². The molecule has 0 bridgehead atoms. The van der Waals surface area contributed by atoms with Crippen molar-refractivity contribution >= 4 is 37.8 Å². The Kier molecular flexibility index (Phi) is 3.52. The van der Waals surface area contributed by atoms with Crippen molar-refractivity contribution in [1.82, 2.24) is 15.5 Å². The second-order valence-electron chi connectivity index (χ2n) is 4.21. The summed E-state index contributed by atoms with van der Waals surface area (Å²) in [4.78, 5) is 1.14. The Hall–Kier alpha value is -1.03. The van der Waals surface area contributed by atoms with E-state index in [1.54, 1.807) is 11.4 Å². The molecule has 102 valence electrons. The van der Waals surface area contributed by atoms with Gasteiger partial charge in [0.15, 0.2) is 0 Å². The predicted molar refractivity (Wildman–Crippen MR) is 74.9 cm³/mol. The van der Waals surface area contributed by atoms with Gasteiger partial charge in [-0.2, -0.15) is 0 Å². The number of thiophene rings is 1. The molecule has 2 aromatic rings. The Bertz CT molecular complexity index is 646. The third-order valence-corrected chi connectivity index (χ3v) is 5.91. The summed E-state index contributed by atoms with van der Waals surface area (Å²) in [7, 11) is -3.57. The van der Waals surface area contributed by atoms with Crippen LogP contribution in [0.1, 0.15) is 17.7 Å². The summed E-state index contributed by atoms with van der Waals surface area (Å²) < 4.78 is 26.9. The molecule has 19 heavy (non-hydrogen) atoms. The molecule has 9 heteroatoms. The third-order valence-electron chi connectivity index (χ3n) is 2.70. The van der Waals surface area contributed by atoms with Crippen molar-refractivity contribution in [3.8, 4) is 0 Å². The van der Waals surface area contributed by atoms with E-state index in [4.69, 9.17) is 0 Å². The maximum atomic E-state index is 12.2. The minimum Gasteiger partial charge on any atom is -0.309 e.